The number of anilines is 2. The van der Waals surface area contributed by atoms with E-state index in [4.69, 9.17) is 11.6 Å². The molecular formula is C21H23ClN4O2S2. The molecule has 2 aromatic heterocycles. The molecule has 3 rings (SSSR count). The summed E-state index contributed by atoms with van der Waals surface area (Å²) < 4.78 is 0. The summed E-state index contributed by atoms with van der Waals surface area (Å²) in [5.74, 6) is -0.229. The lowest BCUT2D eigenvalue weighted by atomic mass is 10.3. The average Bonchev–Trinajstić information content (AvgIpc) is 3.39. The minimum atomic E-state index is -0.169. The summed E-state index contributed by atoms with van der Waals surface area (Å²) in [4.78, 5) is 34.4. The van der Waals surface area contributed by atoms with Crippen LogP contribution in [0.5, 0.6) is 0 Å². The number of carbonyl (C=O) groups excluding carboxylic acids is 2. The minimum Gasteiger partial charge on any atom is -0.326 e. The molecule has 0 atom stereocenters. The summed E-state index contributed by atoms with van der Waals surface area (Å²) in [6.45, 7) is 1.44. The lowest BCUT2D eigenvalue weighted by Gasteiger charge is -2.20. The first-order valence-electron chi connectivity index (χ1n) is 9.42. The van der Waals surface area contributed by atoms with Crippen LogP contribution in [0.15, 0.2) is 47.2 Å². The van der Waals surface area contributed by atoms with Gasteiger partial charge in [-0.15, -0.1) is 22.7 Å². The zero-order chi connectivity index (χ0) is 21.5. The molecule has 0 bridgehead atoms. The molecule has 0 aliphatic carbocycles. The topological polar surface area (TPSA) is 65.5 Å². The van der Waals surface area contributed by atoms with E-state index in [9.17, 15) is 9.59 Å². The maximum absolute atomic E-state index is 13.0. The second-order valence-corrected chi connectivity index (χ2v) is 9.16. The van der Waals surface area contributed by atoms with E-state index in [-0.39, 0.29) is 18.2 Å². The molecule has 0 aliphatic heterocycles. The van der Waals surface area contributed by atoms with E-state index in [1.165, 1.54) is 22.7 Å². The third kappa shape index (κ3) is 6.37. The number of halogens is 1. The van der Waals surface area contributed by atoms with Crippen LogP contribution in [0, 0.1) is 0 Å². The molecule has 6 nitrogen and oxygen atoms in total. The molecule has 0 saturated heterocycles. The molecule has 9 heteroatoms. The van der Waals surface area contributed by atoms with Crippen LogP contribution >= 0.6 is 34.3 Å². The zero-order valence-corrected chi connectivity index (χ0v) is 19.2. The number of amides is 2. The molecule has 1 N–H and O–H groups in total. The van der Waals surface area contributed by atoms with Gasteiger partial charge < -0.3 is 10.2 Å². The molecule has 0 spiro atoms. The Morgan fingerprint density at radius 1 is 1.10 bits per heavy atom. The highest BCUT2D eigenvalue weighted by Crippen LogP contribution is 2.25. The van der Waals surface area contributed by atoms with Gasteiger partial charge in [0, 0.05) is 22.6 Å². The van der Waals surface area contributed by atoms with Crippen molar-refractivity contribution in [3.8, 4) is 0 Å². The highest BCUT2D eigenvalue weighted by Gasteiger charge is 2.22. The molecule has 0 radical (unpaired) electrons. The van der Waals surface area contributed by atoms with Gasteiger partial charge in [-0.2, -0.15) is 0 Å². The summed E-state index contributed by atoms with van der Waals surface area (Å²) >= 11 is 8.67. The predicted octanol–water partition coefficient (Wildman–Crippen LogP) is 4.64. The van der Waals surface area contributed by atoms with Crippen molar-refractivity contribution < 1.29 is 9.59 Å². The quantitative estimate of drug-likeness (QED) is 0.503. The molecule has 30 heavy (non-hydrogen) atoms. The maximum Gasteiger partial charge on any atom is 0.270 e. The van der Waals surface area contributed by atoms with E-state index in [0.717, 1.165) is 13.0 Å². The fraction of sp³-hybridized carbons (Fsp3) is 0.286. The highest BCUT2D eigenvalue weighted by molar-refractivity contribution is 7.14. The minimum absolute atomic E-state index is 0.0599. The van der Waals surface area contributed by atoms with Gasteiger partial charge in [0.1, 0.15) is 0 Å². The number of thiophene rings is 1. The van der Waals surface area contributed by atoms with E-state index >= 15 is 0 Å². The van der Waals surface area contributed by atoms with Gasteiger partial charge in [-0.1, -0.05) is 17.7 Å². The van der Waals surface area contributed by atoms with Crippen LogP contribution < -0.4 is 10.2 Å². The fourth-order valence-electron chi connectivity index (χ4n) is 2.77. The number of hydrogen-bond donors (Lipinski definition) is 1. The van der Waals surface area contributed by atoms with Crippen molar-refractivity contribution in [2.45, 2.75) is 12.8 Å². The van der Waals surface area contributed by atoms with Gasteiger partial charge in [0.15, 0.2) is 5.13 Å². The number of carbonyl (C=O) groups is 2. The molecule has 0 unspecified atom stereocenters. The number of benzene rings is 1. The molecule has 3 aromatic rings. The molecule has 2 heterocycles. The molecule has 1 aromatic carbocycles. The Hall–Kier alpha value is -2.26. The van der Waals surface area contributed by atoms with Crippen molar-refractivity contribution in [1.82, 2.24) is 9.88 Å². The van der Waals surface area contributed by atoms with Crippen molar-refractivity contribution in [2.24, 2.45) is 0 Å². The van der Waals surface area contributed by atoms with Gasteiger partial charge in [0.05, 0.1) is 17.0 Å². The highest BCUT2D eigenvalue weighted by atomic mass is 35.5. The third-order valence-corrected chi connectivity index (χ3v) is 6.23. The molecule has 0 fully saturated rings. The Morgan fingerprint density at radius 3 is 2.53 bits per heavy atom. The first-order chi connectivity index (χ1) is 14.4. The second kappa shape index (κ2) is 10.7. The first-order valence-corrected chi connectivity index (χ1v) is 11.6. The van der Waals surface area contributed by atoms with E-state index < -0.39 is 0 Å². The van der Waals surface area contributed by atoms with Crippen LogP contribution in [-0.4, -0.2) is 48.9 Å². The van der Waals surface area contributed by atoms with Gasteiger partial charge >= 0.3 is 0 Å². The Morgan fingerprint density at radius 2 is 1.87 bits per heavy atom. The van der Waals surface area contributed by atoms with Crippen molar-refractivity contribution >= 4 is 56.9 Å². The molecule has 0 saturated carbocycles. The predicted molar refractivity (Wildman–Crippen MR) is 125 cm³/mol. The lowest BCUT2D eigenvalue weighted by Crippen LogP contribution is -2.33. The van der Waals surface area contributed by atoms with Gasteiger partial charge in [0.2, 0.25) is 5.91 Å². The molecule has 158 valence electrons. The number of nitrogens with one attached hydrogen (secondary N) is 1. The lowest BCUT2D eigenvalue weighted by molar-refractivity contribution is -0.115. The normalized spacial score (nSPS) is 10.9. The zero-order valence-electron chi connectivity index (χ0n) is 16.8. The number of nitrogens with zero attached hydrogens (tertiary/aromatic N) is 3. The van der Waals surface area contributed by atoms with Gasteiger partial charge in [-0.25, -0.2) is 4.98 Å². The van der Waals surface area contributed by atoms with Crippen LogP contribution in [0.4, 0.5) is 10.8 Å². The SMILES string of the molecule is CN(C)CCCN(C(=O)c1cccs1)c1nc(CC(=O)Nc2ccc(Cl)cc2)cs1. The molecule has 2 amide bonds. The molecule has 0 aliphatic rings. The second-order valence-electron chi connectivity index (χ2n) is 6.94. The van der Waals surface area contributed by atoms with E-state index in [1.54, 1.807) is 29.2 Å². The Labute approximate surface area is 189 Å². The van der Waals surface area contributed by atoms with Crippen LogP contribution in [0.2, 0.25) is 5.02 Å². The van der Waals surface area contributed by atoms with Gasteiger partial charge in [-0.05, 0) is 62.8 Å². The van der Waals surface area contributed by atoms with Gasteiger partial charge in [0.25, 0.3) is 5.91 Å². The summed E-state index contributed by atoms with van der Waals surface area (Å²) in [6.07, 6.45) is 0.966. The standard InChI is InChI=1S/C21H23ClN4O2S2/c1-25(2)10-4-11-26(20(28)18-5-3-12-29-18)21-24-17(14-30-21)13-19(27)23-16-8-6-15(22)7-9-16/h3,5-9,12,14H,4,10-11,13H2,1-2H3,(H,23,27). The van der Waals surface area contributed by atoms with Crippen LogP contribution in [0.1, 0.15) is 21.8 Å². The summed E-state index contributed by atoms with van der Waals surface area (Å²) in [7, 11) is 4.01. The number of hydrogen-bond acceptors (Lipinski definition) is 6. The first kappa shape index (κ1) is 22.4. The monoisotopic (exact) mass is 462 g/mol. The maximum atomic E-state index is 13.0. The average molecular weight is 463 g/mol. The van der Waals surface area contributed by atoms with Crippen molar-refractivity contribution in [2.75, 3.05) is 37.4 Å². The summed E-state index contributed by atoms with van der Waals surface area (Å²) in [5, 5.41) is 7.78. The Kier molecular flexibility index (Phi) is 7.98. The van der Waals surface area contributed by atoms with Crippen molar-refractivity contribution in [3.05, 3.63) is 62.8 Å². The largest absolute Gasteiger partial charge is 0.326 e. The smallest absolute Gasteiger partial charge is 0.270 e. The van der Waals surface area contributed by atoms with Crippen LogP contribution in [-0.2, 0) is 11.2 Å². The van der Waals surface area contributed by atoms with E-state index in [2.05, 4.69) is 15.2 Å². The number of rotatable bonds is 9. The van der Waals surface area contributed by atoms with E-state index in [1.807, 2.05) is 37.0 Å². The Bertz CT molecular complexity index is 971. The van der Waals surface area contributed by atoms with Crippen molar-refractivity contribution in [3.63, 3.8) is 0 Å². The van der Waals surface area contributed by atoms with E-state index in [0.29, 0.717) is 33.0 Å². The number of thiazole rings is 1. The third-order valence-electron chi connectivity index (χ3n) is 4.20. The van der Waals surface area contributed by atoms with Crippen LogP contribution in [0.25, 0.3) is 0 Å². The Balaban J connectivity index is 1.68. The van der Waals surface area contributed by atoms with Gasteiger partial charge in [-0.3, -0.25) is 14.5 Å². The fourth-order valence-corrected chi connectivity index (χ4v) is 4.41. The van der Waals surface area contributed by atoms with Crippen molar-refractivity contribution in [1.29, 1.82) is 0 Å². The summed E-state index contributed by atoms with van der Waals surface area (Å²) in [5.41, 5.74) is 1.32. The summed E-state index contributed by atoms with van der Waals surface area (Å²) in [6, 6.07) is 10.6. The number of aromatic nitrogens is 1. The molecular weight excluding hydrogens is 440 g/mol. The van der Waals surface area contributed by atoms with Crippen LogP contribution in [0.3, 0.4) is 0 Å².